The molecule has 1 heterocycles. The van der Waals surface area contributed by atoms with Gasteiger partial charge in [0.15, 0.2) is 17.5 Å². The van der Waals surface area contributed by atoms with Crippen LogP contribution in [0.1, 0.15) is 43.1 Å². The largest absolute Gasteiger partial charge is 0.490 e. The van der Waals surface area contributed by atoms with E-state index in [4.69, 9.17) is 9.47 Å². The maximum atomic E-state index is 12.5. The Hall–Kier alpha value is -2.49. The van der Waals surface area contributed by atoms with Crippen molar-refractivity contribution in [3.05, 3.63) is 53.6 Å². The van der Waals surface area contributed by atoms with E-state index < -0.39 is 0 Å². The van der Waals surface area contributed by atoms with Gasteiger partial charge in [-0.25, -0.2) is 4.99 Å². The number of carbonyl (C=O) groups is 1. The normalized spacial score (nSPS) is 12.9. The number of aliphatic imine (C=N–C) groups is 1. The van der Waals surface area contributed by atoms with Crippen molar-refractivity contribution in [3.63, 3.8) is 0 Å². The Kier molecular flexibility index (Phi) is 10.6. The summed E-state index contributed by atoms with van der Waals surface area (Å²) in [6, 6.07) is 13.5. The van der Waals surface area contributed by atoms with Gasteiger partial charge in [0, 0.05) is 43.4 Å². The fraction of sp³-hybridized carbons (Fsp3) is 0.417. The number of carbonyl (C=O) groups excluding carboxylic acids is 1. The smallest absolute Gasteiger partial charge is 0.253 e. The summed E-state index contributed by atoms with van der Waals surface area (Å²) in [5.41, 5.74) is 2.62. The summed E-state index contributed by atoms with van der Waals surface area (Å²) in [7, 11) is 0. The van der Waals surface area contributed by atoms with Crippen LogP contribution in [0.15, 0.2) is 47.5 Å². The molecule has 0 fully saturated rings. The molecule has 8 heteroatoms. The summed E-state index contributed by atoms with van der Waals surface area (Å²) in [6.07, 6.45) is 0.876. The van der Waals surface area contributed by atoms with Gasteiger partial charge in [0.25, 0.3) is 5.91 Å². The lowest BCUT2D eigenvalue weighted by atomic mass is 10.1. The molecule has 0 bridgehead atoms. The summed E-state index contributed by atoms with van der Waals surface area (Å²) < 4.78 is 11.5. The van der Waals surface area contributed by atoms with Crippen molar-refractivity contribution in [2.45, 2.75) is 33.7 Å². The molecule has 1 aliphatic heterocycles. The molecule has 174 valence electrons. The fourth-order valence-corrected chi connectivity index (χ4v) is 3.30. The highest BCUT2D eigenvalue weighted by Crippen LogP contribution is 2.32. The van der Waals surface area contributed by atoms with E-state index in [1.54, 1.807) is 0 Å². The molecule has 0 saturated carbocycles. The van der Waals surface area contributed by atoms with Gasteiger partial charge < -0.3 is 25.0 Å². The molecule has 3 rings (SSSR count). The number of hydrogen-bond acceptors (Lipinski definition) is 4. The molecule has 0 saturated heterocycles. The third kappa shape index (κ3) is 7.01. The first-order chi connectivity index (χ1) is 15.1. The molecule has 0 spiro atoms. The predicted molar refractivity (Wildman–Crippen MR) is 140 cm³/mol. The van der Waals surface area contributed by atoms with Gasteiger partial charge >= 0.3 is 0 Å². The zero-order chi connectivity index (χ0) is 22.1. The van der Waals surface area contributed by atoms with Crippen LogP contribution in [-0.4, -0.2) is 49.6 Å². The van der Waals surface area contributed by atoms with Crippen molar-refractivity contribution in [2.75, 3.05) is 38.2 Å². The average Bonchev–Trinajstić information content (AvgIpc) is 3.04. The molecular formula is C24H33IN4O3. The number of anilines is 1. The molecule has 0 radical (unpaired) electrons. The van der Waals surface area contributed by atoms with Crippen LogP contribution in [0.5, 0.6) is 11.5 Å². The number of amides is 1. The van der Waals surface area contributed by atoms with Crippen molar-refractivity contribution in [2.24, 2.45) is 4.99 Å². The molecule has 1 amide bonds. The number of rotatable bonds is 7. The van der Waals surface area contributed by atoms with Crippen LogP contribution < -0.4 is 20.1 Å². The molecule has 0 aliphatic carbocycles. The number of nitrogens with zero attached hydrogens (tertiary/aromatic N) is 2. The third-order valence-electron chi connectivity index (χ3n) is 5.03. The maximum Gasteiger partial charge on any atom is 0.253 e. The fourth-order valence-electron chi connectivity index (χ4n) is 3.30. The standard InChI is InChI=1S/C24H32N4O3.HI/c1-4-25-24(27-20-12-13-21-22(16-20)31-15-7-14-30-21)26-17-18-8-10-19(11-9-18)23(29)28(5-2)6-3;/h8-13,16H,4-7,14-15,17H2,1-3H3,(H2,25,26,27);1H. The number of nitrogens with one attached hydrogen (secondary N) is 2. The summed E-state index contributed by atoms with van der Waals surface area (Å²) in [4.78, 5) is 18.9. The van der Waals surface area contributed by atoms with Crippen molar-refractivity contribution in [3.8, 4) is 11.5 Å². The maximum absolute atomic E-state index is 12.5. The second kappa shape index (κ2) is 13.1. The van der Waals surface area contributed by atoms with Gasteiger partial charge in [0.2, 0.25) is 0 Å². The number of guanidine groups is 1. The molecule has 2 aromatic carbocycles. The molecular weight excluding hydrogens is 519 g/mol. The Bertz CT molecular complexity index is 899. The molecule has 0 atom stereocenters. The van der Waals surface area contributed by atoms with Gasteiger partial charge in [-0.2, -0.15) is 0 Å². The summed E-state index contributed by atoms with van der Waals surface area (Å²) in [6.45, 7) is 9.98. The minimum Gasteiger partial charge on any atom is -0.490 e. The van der Waals surface area contributed by atoms with E-state index in [1.165, 1.54) is 0 Å². The Morgan fingerprint density at radius 2 is 1.69 bits per heavy atom. The minimum atomic E-state index is 0. The van der Waals surface area contributed by atoms with E-state index in [0.29, 0.717) is 44.4 Å². The zero-order valence-electron chi connectivity index (χ0n) is 19.0. The van der Waals surface area contributed by atoms with Gasteiger partial charge in [-0.05, 0) is 50.6 Å². The SMILES string of the molecule is CCNC(=NCc1ccc(C(=O)N(CC)CC)cc1)Nc1ccc2c(c1)OCCCO2.I. The first-order valence-corrected chi connectivity index (χ1v) is 11.0. The Morgan fingerprint density at radius 1 is 1.00 bits per heavy atom. The third-order valence-corrected chi connectivity index (χ3v) is 5.03. The van der Waals surface area contributed by atoms with Crippen LogP contribution in [0.2, 0.25) is 0 Å². The van der Waals surface area contributed by atoms with Crippen molar-refractivity contribution >= 4 is 41.5 Å². The van der Waals surface area contributed by atoms with E-state index in [0.717, 1.165) is 35.7 Å². The highest BCUT2D eigenvalue weighted by Gasteiger charge is 2.13. The van der Waals surface area contributed by atoms with Crippen LogP contribution >= 0.6 is 24.0 Å². The summed E-state index contributed by atoms with van der Waals surface area (Å²) in [5, 5.41) is 6.58. The molecule has 1 aliphatic rings. The predicted octanol–water partition coefficient (Wildman–Crippen LogP) is 4.53. The lowest BCUT2D eigenvalue weighted by Crippen LogP contribution is -2.30. The Morgan fingerprint density at radius 3 is 2.34 bits per heavy atom. The number of hydrogen-bond donors (Lipinski definition) is 2. The van der Waals surface area contributed by atoms with E-state index in [2.05, 4.69) is 15.6 Å². The summed E-state index contributed by atoms with van der Waals surface area (Å²) in [5.74, 6) is 2.25. The first kappa shape index (κ1) is 25.8. The van der Waals surface area contributed by atoms with Crippen molar-refractivity contribution in [1.82, 2.24) is 10.2 Å². The number of ether oxygens (including phenoxy) is 2. The van der Waals surface area contributed by atoms with E-state index in [1.807, 2.05) is 68.1 Å². The Balaban J connectivity index is 0.00000363. The molecule has 0 unspecified atom stereocenters. The molecule has 2 N–H and O–H groups in total. The van der Waals surface area contributed by atoms with Gasteiger partial charge in [0.1, 0.15) is 0 Å². The van der Waals surface area contributed by atoms with Gasteiger partial charge in [-0.15, -0.1) is 24.0 Å². The van der Waals surface area contributed by atoms with Crippen LogP contribution in [-0.2, 0) is 6.54 Å². The van der Waals surface area contributed by atoms with Crippen molar-refractivity contribution in [1.29, 1.82) is 0 Å². The molecule has 32 heavy (non-hydrogen) atoms. The molecule has 7 nitrogen and oxygen atoms in total. The zero-order valence-corrected chi connectivity index (χ0v) is 21.3. The topological polar surface area (TPSA) is 75.2 Å². The number of fused-ring (bicyclic) bond motifs is 1. The monoisotopic (exact) mass is 552 g/mol. The van der Waals surface area contributed by atoms with Crippen LogP contribution in [0.3, 0.4) is 0 Å². The highest BCUT2D eigenvalue weighted by atomic mass is 127. The van der Waals surface area contributed by atoms with Gasteiger partial charge in [-0.3, -0.25) is 4.79 Å². The quantitative estimate of drug-likeness (QED) is 0.300. The van der Waals surface area contributed by atoms with Crippen LogP contribution in [0.25, 0.3) is 0 Å². The number of benzene rings is 2. The van der Waals surface area contributed by atoms with E-state index in [-0.39, 0.29) is 29.9 Å². The average molecular weight is 552 g/mol. The molecule has 0 aromatic heterocycles. The molecule has 2 aromatic rings. The summed E-state index contributed by atoms with van der Waals surface area (Å²) >= 11 is 0. The van der Waals surface area contributed by atoms with Gasteiger partial charge in [-0.1, -0.05) is 12.1 Å². The first-order valence-electron chi connectivity index (χ1n) is 11.0. The van der Waals surface area contributed by atoms with E-state index in [9.17, 15) is 4.79 Å². The van der Waals surface area contributed by atoms with Gasteiger partial charge in [0.05, 0.1) is 19.8 Å². The second-order valence-electron chi connectivity index (χ2n) is 7.21. The highest BCUT2D eigenvalue weighted by molar-refractivity contribution is 14.0. The Labute approximate surface area is 207 Å². The van der Waals surface area contributed by atoms with Crippen molar-refractivity contribution < 1.29 is 14.3 Å². The van der Waals surface area contributed by atoms with E-state index >= 15 is 0 Å². The lowest BCUT2D eigenvalue weighted by molar-refractivity contribution is 0.0773. The van der Waals surface area contributed by atoms with Crippen LogP contribution in [0.4, 0.5) is 5.69 Å². The lowest BCUT2D eigenvalue weighted by Gasteiger charge is -2.18. The minimum absolute atomic E-state index is 0. The van der Waals surface area contributed by atoms with Crippen LogP contribution in [0, 0.1) is 0 Å². The second-order valence-corrected chi connectivity index (χ2v) is 7.21. The number of halogens is 1.